The van der Waals surface area contributed by atoms with Gasteiger partial charge in [0.2, 0.25) is 0 Å². The van der Waals surface area contributed by atoms with Crippen LogP contribution in [0.3, 0.4) is 0 Å². The SMILES string of the molecule is CCN(O)C(=O)C(C)(F)F. The summed E-state index contributed by atoms with van der Waals surface area (Å²) in [6.45, 7) is 1.69. The molecule has 0 bridgehead atoms. The van der Waals surface area contributed by atoms with Crippen LogP contribution in [0.2, 0.25) is 0 Å². The van der Waals surface area contributed by atoms with E-state index in [0.29, 0.717) is 6.92 Å². The molecule has 60 valence electrons. The van der Waals surface area contributed by atoms with Gasteiger partial charge in [0.25, 0.3) is 0 Å². The van der Waals surface area contributed by atoms with Crippen molar-refractivity contribution < 1.29 is 18.8 Å². The number of amides is 1. The van der Waals surface area contributed by atoms with Crippen LogP contribution in [0.1, 0.15) is 13.8 Å². The van der Waals surface area contributed by atoms with Crippen LogP contribution in [0.25, 0.3) is 0 Å². The molecule has 0 unspecified atom stereocenters. The van der Waals surface area contributed by atoms with Crippen LogP contribution in [0, 0.1) is 0 Å². The third-order valence-corrected chi connectivity index (χ3v) is 0.909. The van der Waals surface area contributed by atoms with Crippen LogP contribution in [0.15, 0.2) is 0 Å². The lowest BCUT2D eigenvalue weighted by atomic mass is 10.3. The van der Waals surface area contributed by atoms with E-state index < -0.39 is 11.8 Å². The molecule has 0 radical (unpaired) electrons. The highest BCUT2D eigenvalue weighted by atomic mass is 19.3. The summed E-state index contributed by atoms with van der Waals surface area (Å²) in [6, 6.07) is 0. The van der Waals surface area contributed by atoms with Gasteiger partial charge >= 0.3 is 11.8 Å². The normalized spacial score (nSPS) is 11.3. The van der Waals surface area contributed by atoms with Gasteiger partial charge in [-0.1, -0.05) is 0 Å². The van der Waals surface area contributed by atoms with Crippen LogP contribution < -0.4 is 0 Å². The second kappa shape index (κ2) is 2.92. The Morgan fingerprint density at radius 3 is 2.20 bits per heavy atom. The minimum absolute atomic E-state index is 0.0139. The Bertz CT molecular complexity index is 132. The Morgan fingerprint density at radius 2 is 2.10 bits per heavy atom. The maximum atomic E-state index is 12.0. The number of carbonyl (C=O) groups is 1. The molecule has 0 aliphatic heterocycles. The van der Waals surface area contributed by atoms with E-state index in [9.17, 15) is 13.6 Å². The van der Waals surface area contributed by atoms with Crippen LogP contribution >= 0.6 is 0 Å². The molecule has 0 saturated carbocycles. The van der Waals surface area contributed by atoms with E-state index in [4.69, 9.17) is 5.21 Å². The number of rotatable bonds is 2. The molecule has 0 aliphatic carbocycles. The Hall–Kier alpha value is -0.710. The van der Waals surface area contributed by atoms with Gasteiger partial charge in [0.15, 0.2) is 0 Å². The van der Waals surface area contributed by atoms with Crippen molar-refractivity contribution in [3.8, 4) is 0 Å². The summed E-state index contributed by atoms with van der Waals surface area (Å²) in [4.78, 5) is 10.3. The highest BCUT2D eigenvalue weighted by Crippen LogP contribution is 2.13. The van der Waals surface area contributed by atoms with E-state index in [0.717, 1.165) is 0 Å². The topological polar surface area (TPSA) is 40.5 Å². The van der Waals surface area contributed by atoms with Crippen molar-refractivity contribution >= 4 is 5.91 Å². The van der Waals surface area contributed by atoms with Crippen molar-refractivity contribution in [3.05, 3.63) is 0 Å². The van der Waals surface area contributed by atoms with Crippen LogP contribution in [0.4, 0.5) is 8.78 Å². The average Bonchev–Trinajstić information content (AvgIpc) is 1.83. The van der Waals surface area contributed by atoms with Crippen LogP contribution in [-0.2, 0) is 4.79 Å². The Balaban J connectivity index is 4.09. The zero-order valence-corrected chi connectivity index (χ0v) is 5.77. The summed E-state index contributed by atoms with van der Waals surface area (Å²) < 4.78 is 24.0. The molecule has 10 heavy (non-hydrogen) atoms. The number of hydrogen-bond acceptors (Lipinski definition) is 2. The summed E-state index contributed by atoms with van der Waals surface area (Å²) in [7, 11) is 0. The van der Waals surface area contributed by atoms with Gasteiger partial charge in [0, 0.05) is 13.5 Å². The van der Waals surface area contributed by atoms with Gasteiger partial charge < -0.3 is 0 Å². The number of alkyl halides is 2. The molecular formula is C5H9F2NO2. The Morgan fingerprint density at radius 1 is 1.70 bits per heavy atom. The Kier molecular flexibility index (Phi) is 2.71. The lowest BCUT2D eigenvalue weighted by molar-refractivity contribution is -0.188. The lowest BCUT2D eigenvalue weighted by Crippen LogP contribution is -2.39. The van der Waals surface area contributed by atoms with Gasteiger partial charge in [0.1, 0.15) is 0 Å². The largest absolute Gasteiger partial charge is 0.324 e. The van der Waals surface area contributed by atoms with Crippen LogP contribution in [0.5, 0.6) is 0 Å². The molecule has 0 heterocycles. The second-order valence-electron chi connectivity index (χ2n) is 1.91. The summed E-state index contributed by atoms with van der Waals surface area (Å²) in [5, 5.41) is 8.45. The van der Waals surface area contributed by atoms with Gasteiger partial charge in [-0.3, -0.25) is 10.0 Å². The monoisotopic (exact) mass is 153 g/mol. The van der Waals surface area contributed by atoms with Gasteiger partial charge in [-0.05, 0) is 6.92 Å². The van der Waals surface area contributed by atoms with Crippen LogP contribution in [-0.4, -0.2) is 28.6 Å². The molecule has 1 amide bonds. The minimum Gasteiger partial charge on any atom is -0.286 e. The number of hydroxylamine groups is 2. The maximum absolute atomic E-state index is 12.0. The van der Waals surface area contributed by atoms with Crippen molar-refractivity contribution in [2.45, 2.75) is 19.8 Å². The fraction of sp³-hybridized carbons (Fsp3) is 0.800. The fourth-order valence-electron chi connectivity index (χ4n) is 0.370. The van der Waals surface area contributed by atoms with Crippen molar-refractivity contribution in [2.75, 3.05) is 6.54 Å². The molecule has 5 heteroatoms. The molecule has 0 saturated heterocycles. The predicted octanol–water partition coefficient (Wildman–Crippen LogP) is 0.879. The third-order valence-electron chi connectivity index (χ3n) is 0.909. The third kappa shape index (κ3) is 2.26. The molecule has 1 N–H and O–H groups in total. The zero-order valence-electron chi connectivity index (χ0n) is 5.77. The predicted molar refractivity (Wildman–Crippen MR) is 29.8 cm³/mol. The summed E-state index contributed by atoms with van der Waals surface area (Å²) in [6.07, 6.45) is 0. The Labute approximate surface area is 57.2 Å². The molecule has 0 aromatic heterocycles. The quantitative estimate of drug-likeness (QED) is 0.472. The van der Waals surface area contributed by atoms with E-state index in [-0.39, 0.29) is 11.6 Å². The summed E-state index contributed by atoms with van der Waals surface area (Å²) >= 11 is 0. The highest BCUT2D eigenvalue weighted by molar-refractivity contribution is 5.81. The van der Waals surface area contributed by atoms with E-state index in [1.807, 2.05) is 0 Å². The zero-order chi connectivity index (χ0) is 8.36. The first-order chi connectivity index (χ1) is 4.39. The first-order valence-electron chi connectivity index (χ1n) is 2.78. The first-order valence-corrected chi connectivity index (χ1v) is 2.78. The first kappa shape index (κ1) is 9.29. The molecule has 0 atom stereocenters. The van der Waals surface area contributed by atoms with E-state index >= 15 is 0 Å². The molecule has 0 aromatic carbocycles. The van der Waals surface area contributed by atoms with E-state index in [1.54, 1.807) is 0 Å². The van der Waals surface area contributed by atoms with Gasteiger partial charge in [-0.15, -0.1) is 0 Å². The number of carbonyl (C=O) groups excluding carboxylic acids is 1. The average molecular weight is 153 g/mol. The standard InChI is InChI=1S/C5H9F2NO2/c1-3-8(10)4(9)5(2,6)7/h10H,3H2,1-2H3. The number of nitrogens with zero attached hydrogens (tertiary/aromatic N) is 1. The number of halogens is 2. The molecule has 0 aromatic rings. The second-order valence-corrected chi connectivity index (χ2v) is 1.91. The van der Waals surface area contributed by atoms with Gasteiger partial charge in [-0.25, -0.2) is 5.06 Å². The van der Waals surface area contributed by atoms with Crippen molar-refractivity contribution in [3.63, 3.8) is 0 Å². The maximum Gasteiger partial charge on any atom is 0.324 e. The van der Waals surface area contributed by atoms with Crippen molar-refractivity contribution in [1.82, 2.24) is 5.06 Å². The van der Waals surface area contributed by atoms with Gasteiger partial charge in [-0.2, -0.15) is 8.78 Å². The van der Waals surface area contributed by atoms with Crippen molar-refractivity contribution in [2.24, 2.45) is 0 Å². The molecule has 3 nitrogen and oxygen atoms in total. The fourth-order valence-corrected chi connectivity index (χ4v) is 0.370. The van der Waals surface area contributed by atoms with Gasteiger partial charge in [0.05, 0.1) is 0 Å². The molecule has 0 aliphatic rings. The molecular weight excluding hydrogens is 144 g/mol. The number of hydrogen-bond donors (Lipinski definition) is 1. The summed E-state index contributed by atoms with van der Waals surface area (Å²) in [5.41, 5.74) is 0. The smallest absolute Gasteiger partial charge is 0.286 e. The highest BCUT2D eigenvalue weighted by Gasteiger charge is 2.35. The minimum atomic E-state index is -3.48. The van der Waals surface area contributed by atoms with Crippen molar-refractivity contribution in [1.29, 1.82) is 0 Å². The molecule has 0 fully saturated rings. The molecule has 0 rings (SSSR count). The molecule has 0 spiro atoms. The lowest BCUT2D eigenvalue weighted by Gasteiger charge is -2.16. The van der Waals surface area contributed by atoms with E-state index in [1.165, 1.54) is 6.92 Å². The summed E-state index contributed by atoms with van der Waals surface area (Å²) in [5.74, 6) is -5.06. The van der Waals surface area contributed by atoms with E-state index in [2.05, 4.69) is 0 Å².